The van der Waals surface area contributed by atoms with Gasteiger partial charge in [-0.15, -0.1) is 0 Å². The van der Waals surface area contributed by atoms with Crippen LogP contribution in [0.2, 0.25) is 0 Å². The molecule has 0 aliphatic carbocycles. The van der Waals surface area contributed by atoms with E-state index >= 15 is 0 Å². The zero-order valence-electron chi connectivity index (χ0n) is 9.14. The highest BCUT2D eigenvalue weighted by molar-refractivity contribution is 5.35. The number of hydrogen-bond donors (Lipinski definition) is 1. The van der Waals surface area contributed by atoms with E-state index in [1.165, 1.54) is 30.4 Å². The van der Waals surface area contributed by atoms with Crippen molar-refractivity contribution >= 4 is 0 Å². The molecule has 1 atom stereocenters. The van der Waals surface area contributed by atoms with Crippen LogP contribution in [0.25, 0.3) is 0 Å². The van der Waals surface area contributed by atoms with Gasteiger partial charge in [0.25, 0.3) is 0 Å². The predicted molar refractivity (Wildman–Crippen MR) is 60.5 cm³/mol. The Balaban J connectivity index is 2.32. The molecule has 1 heteroatoms. The summed E-state index contributed by atoms with van der Waals surface area (Å²) >= 11 is 0. The molecule has 1 unspecified atom stereocenters. The third kappa shape index (κ3) is 1.83. The van der Waals surface area contributed by atoms with Crippen LogP contribution in [0.1, 0.15) is 42.5 Å². The number of rotatable bonds is 2. The van der Waals surface area contributed by atoms with E-state index in [0.29, 0.717) is 6.04 Å². The number of benzene rings is 1. The topological polar surface area (TPSA) is 12.0 Å². The Morgan fingerprint density at radius 2 is 2.29 bits per heavy atom. The Labute approximate surface area is 86.5 Å². The summed E-state index contributed by atoms with van der Waals surface area (Å²) in [5, 5.41) is 3.60. The van der Waals surface area contributed by atoms with E-state index in [1.54, 1.807) is 5.56 Å². The summed E-state index contributed by atoms with van der Waals surface area (Å²) in [6.45, 7) is 5.57. The molecule has 2 rings (SSSR count). The molecule has 1 N–H and O–H groups in total. The number of aryl methyl sites for hydroxylation is 1. The fourth-order valence-electron chi connectivity index (χ4n) is 2.30. The maximum Gasteiger partial charge on any atom is 0.0323 e. The minimum atomic E-state index is 0.601. The second-order valence-electron chi connectivity index (χ2n) is 4.25. The van der Waals surface area contributed by atoms with Crippen LogP contribution in [0.15, 0.2) is 18.2 Å². The summed E-state index contributed by atoms with van der Waals surface area (Å²) < 4.78 is 0. The van der Waals surface area contributed by atoms with E-state index in [1.807, 2.05) is 0 Å². The van der Waals surface area contributed by atoms with Gasteiger partial charge in [-0.3, -0.25) is 0 Å². The molecule has 0 aromatic heterocycles. The largest absolute Gasteiger partial charge is 0.310 e. The fourth-order valence-corrected chi connectivity index (χ4v) is 2.30. The Hall–Kier alpha value is -0.820. The van der Waals surface area contributed by atoms with Crippen molar-refractivity contribution < 1.29 is 0 Å². The number of nitrogens with one attached hydrogen (secondary N) is 1. The van der Waals surface area contributed by atoms with Gasteiger partial charge < -0.3 is 5.32 Å². The second kappa shape index (κ2) is 4.14. The van der Waals surface area contributed by atoms with Gasteiger partial charge in [0.05, 0.1) is 0 Å². The summed E-state index contributed by atoms with van der Waals surface area (Å²) in [6.07, 6.45) is 3.71. The highest BCUT2D eigenvalue weighted by Crippen LogP contribution is 2.26. The van der Waals surface area contributed by atoms with E-state index in [9.17, 15) is 0 Å². The van der Waals surface area contributed by atoms with Gasteiger partial charge in [-0.2, -0.15) is 0 Å². The summed E-state index contributed by atoms with van der Waals surface area (Å²) in [5.41, 5.74) is 4.47. The van der Waals surface area contributed by atoms with Crippen LogP contribution in [0.5, 0.6) is 0 Å². The smallest absolute Gasteiger partial charge is 0.0323 e. The van der Waals surface area contributed by atoms with Crippen molar-refractivity contribution in [1.29, 1.82) is 0 Å². The van der Waals surface area contributed by atoms with E-state index in [-0.39, 0.29) is 0 Å². The molecule has 76 valence electrons. The molecule has 0 spiro atoms. The lowest BCUT2D eigenvalue weighted by atomic mass is 9.90. The van der Waals surface area contributed by atoms with E-state index in [0.717, 1.165) is 6.54 Å². The summed E-state index contributed by atoms with van der Waals surface area (Å²) in [7, 11) is 0. The molecule has 0 amide bonds. The standard InChI is InChI=1S/C13H19N/c1-3-4-13-12-9-10(2)5-6-11(12)7-8-14-13/h5-6,9,13-14H,3-4,7-8H2,1-2H3. The van der Waals surface area contributed by atoms with E-state index in [4.69, 9.17) is 0 Å². The van der Waals surface area contributed by atoms with Crippen molar-refractivity contribution in [3.63, 3.8) is 0 Å². The van der Waals surface area contributed by atoms with Gasteiger partial charge in [-0.25, -0.2) is 0 Å². The second-order valence-corrected chi connectivity index (χ2v) is 4.25. The molecule has 0 saturated heterocycles. The zero-order valence-corrected chi connectivity index (χ0v) is 9.14. The maximum absolute atomic E-state index is 3.60. The monoisotopic (exact) mass is 189 g/mol. The first-order valence-electron chi connectivity index (χ1n) is 5.64. The van der Waals surface area contributed by atoms with Crippen LogP contribution in [0, 0.1) is 6.92 Å². The van der Waals surface area contributed by atoms with Crippen LogP contribution in [-0.2, 0) is 6.42 Å². The fraction of sp³-hybridized carbons (Fsp3) is 0.538. The number of hydrogen-bond acceptors (Lipinski definition) is 1. The Morgan fingerprint density at radius 1 is 1.43 bits per heavy atom. The molecule has 1 nitrogen and oxygen atoms in total. The van der Waals surface area contributed by atoms with E-state index in [2.05, 4.69) is 37.4 Å². The third-order valence-electron chi connectivity index (χ3n) is 3.04. The zero-order chi connectivity index (χ0) is 9.97. The molecular weight excluding hydrogens is 170 g/mol. The molecule has 1 aliphatic heterocycles. The highest BCUT2D eigenvalue weighted by atomic mass is 14.9. The normalized spacial score (nSPS) is 20.6. The molecule has 1 aromatic rings. The first-order chi connectivity index (χ1) is 6.81. The predicted octanol–water partition coefficient (Wildman–Crippen LogP) is 2.98. The highest BCUT2D eigenvalue weighted by Gasteiger charge is 2.18. The first kappa shape index (κ1) is 9.72. The molecule has 0 bridgehead atoms. The Bertz CT molecular complexity index is 317. The van der Waals surface area contributed by atoms with Crippen molar-refractivity contribution in [2.45, 2.75) is 39.2 Å². The SMILES string of the molecule is CCCC1NCCc2ccc(C)cc21. The molecule has 0 radical (unpaired) electrons. The summed E-state index contributed by atoms with van der Waals surface area (Å²) in [4.78, 5) is 0. The average Bonchev–Trinajstić information content (AvgIpc) is 2.19. The quantitative estimate of drug-likeness (QED) is 0.754. The molecule has 1 aromatic carbocycles. The first-order valence-corrected chi connectivity index (χ1v) is 5.64. The van der Waals surface area contributed by atoms with Crippen molar-refractivity contribution in [1.82, 2.24) is 5.32 Å². The van der Waals surface area contributed by atoms with Gasteiger partial charge in [0.15, 0.2) is 0 Å². The van der Waals surface area contributed by atoms with Crippen LogP contribution < -0.4 is 5.32 Å². The van der Waals surface area contributed by atoms with Crippen LogP contribution in [0.4, 0.5) is 0 Å². The van der Waals surface area contributed by atoms with Gasteiger partial charge >= 0.3 is 0 Å². The number of fused-ring (bicyclic) bond motifs is 1. The van der Waals surface area contributed by atoms with Gasteiger partial charge in [-0.05, 0) is 37.4 Å². The maximum atomic E-state index is 3.60. The van der Waals surface area contributed by atoms with Gasteiger partial charge in [0.2, 0.25) is 0 Å². The van der Waals surface area contributed by atoms with Crippen LogP contribution in [0.3, 0.4) is 0 Å². The van der Waals surface area contributed by atoms with Crippen LogP contribution >= 0.6 is 0 Å². The third-order valence-corrected chi connectivity index (χ3v) is 3.04. The molecule has 14 heavy (non-hydrogen) atoms. The van der Waals surface area contributed by atoms with Gasteiger partial charge in [0.1, 0.15) is 0 Å². The van der Waals surface area contributed by atoms with Crippen LogP contribution in [-0.4, -0.2) is 6.54 Å². The Morgan fingerprint density at radius 3 is 3.07 bits per heavy atom. The van der Waals surface area contributed by atoms with Crippen molar-refractivity contribution in [3.8, 4) is 0 Å². The minimum absolute atomic E-state index is 0.601. The molecule has 1 heterocycles. The Kier molecular flexibility index (Phi) is 2.87. The lowest BCUT2D eigenvalue weighted by molar-refractivity contribution is 0.471. The van der Waals surface area contributed by atoms with Crippen molar-refractivity contribution in [3.05, 3.63) is 34.9 Å². The van der Waals surface area contributed by atoms with Crippen molar-refractivity contribution in [2.75, 3.05) is 6.54 Å². The molecule has 1 aliphatic rings. The summed E-state index contributed by atoms with van der Waals surface area (Å²) in [6, 6.07) is 7.48. The lowest BCUT2D eigenvalue weighted by Gasteiger charge is -2.27. The van der Waals surface area contributed by atoms with Crippen molar-refractivity contribution in [2.24, 2.45) is 0 Å². The van der Waals surface area contributed by atoms with E-state index < -0.39 is 0 Å². The van der Waals surface area contributed by atoms with Gasteiger partial charge in [-0.1, -0.05) is 37.1 Å². The summed E-state index contributed by atoms with van der Waals surface area (Å²) in [5.74, 6) is 0. The average molecular weight is 189 g/mol. The molecule has 0 saturated carbocycles. The minimum Gasteiger partial charge on any atom is -0.310 e. The van der Waals surface area contributed by atoms with Gasteiger partial charge in [0, 0.05) is 6.04 Å². The lowest BCUT2D eigenvalue weighted by Crippen LogP contribution is -2.29. The molecule has 0 fully saturated rings. The molecular formula is C13H19N.